The summed E-state index contributed by atoms with van der Waals surface area (Å²) in [7, 11) is 0. The molecule has 0 N–H and O–H groups in total. The molecule has 0 bridgehead atoms. The summed E-state index contributed by atoms with van der Waals surface area (Å²) in [5, 5.41) is 8.66. The first-order valence-electron chi connectivity index (χ1n) is 5.12. The van der Waals surface area contributed by atoms with Crippen molar-refractivity contribution in [3.05, 3.63) is 59.4 Å². The molecule has 2 aromatic rings. The van der Waals surface area contributed by atoms with Gasteiger partial charge in [-0.3, -0.25) is 0 Å². The Bertz CT molecular complexity index is 588. The first kappa shape index (κ1) is 12.0. The minimum atomic E-state index is -0.760. The Morgan fingerprint density at radius 2 is 1.94 bits per heavy atom. The van der Waals surface area contributed by atoms with Crippen molar-refractivity contribution in [2.75, 3.05) is 0 Å². The highest BCUT2D eigenvalue weighted by molar-refractivity contribution is 5.28. The average molecular weight is 246 g/mol. The summed E-state index contributed by atoms with van der Waals surface area (Å²) >= 11 is 0. The number of halogens is 2. The normalized spacial score (nSPS) is 9.83. The van der Waals surface area contributed by atoms with Crippen LogP contribution in [0.5, 0.6) is 5.75 Å². The lowest BCUT2D eigenvalue weighted by Gasteiger charge is -2.08. The van der Waals surface area contributed by atoms with E-state index < -0.39 is 17.4 Å². The molecule has 0 saturated carbocycles. The smallest absolute Gasteiger partial charge is 0.191 e. The molecule has 0 aliphatic carbocycles. The van der Waals surface area contributed by atoms with Crippen LogP contribution in [0.25, 0.3) is 0 Å². The number of pyridine rings is 1. The molecule has 0 fully saturated rings. The first-order valence-corrected chi connectivity index (χ1v) is 5.12. The van der Waals surface area contributed by atoms with Crippen molar-refractivity contribution < 1.29 is 13.5 Å². The molecule has 0 amide bonds. The number of benzene rings is 1. The van der Waals surface area contributed by atoms with Crippen LogP contribution in [-0.4, -0.2) is 4.98 Å². The van der Waals surface area contributed by atoms with Crippen molar-refractivity contribution in [1.29, 1.82) is 5.26 Å². The van der Waals surface area contributed by atoms with E-state index in [0.717, 1.165) is 12.1 Å². The van der Waals surface area contributed by atoms with Crippen molar-refractivity contribution >= 4 is 0 Å². The van der Waals surface area contributed by atoms with Crippen LogP contribution in [0.3, 0.4) is 0 Å². The highest BCUT2D eigenvalue weighted by Gasteiger charge is 2.09. The summed E-state index contributed by atoms with van der Waals surface area (Å²) in [5.41, 5.74) is 0.842. The van der Waals surface area contributed by atoms with Gasteiger partial charge < -0.3 is 4.74 Å². The molecule has 1 heterocycles. The predicted molar refractivity (Wildman–Crippen MR) is 59.6 cm³/mol. The lowest BCUT2D eigenvalue weighted by atomic mass is 10.2. The van der Waals surface area contributed by atoms with E-state index in [4.69, 9.17) is 10.00 Å². The zero-order valence-electron chi connectivity index (χ0n) is 9.23. The van der Waals surface area contributed by atoms with Gasteiger partial charge in [-0.1, -0.05) is 6.07 Å². The maximum Gasteiger partial charge on any atom is 0.191 e. The van der Waals surface area contributed by atoms with Crippen LogP contribution >= 0.6 is 0 Å². The van der Waals surface area contributed by atoms with Gasteiger partial charge in [0.1, 0.15) is 18.4 Å². The standard InChI is InChI=1S/C13H8F2N2O/c14-11-2-1-3-12(15)13(11)18-8-9-4-5-17-10(6-9)7-16/h1-6H,8H2. The fourth-order valence-corrected chi connectivity index (χ4v) is 1.40. The second-order valence-corrected chi connectivity index (χ2v) is 3.50. The molecule has 0 aliphatic rings. The van der Waals surface area contributed by atoms with Gasteiger partial charge in [0.05, 0.1) is 0 Å². The van der Waals surface area contributed by atoms with E-state index >= 15 is 0 Å². The molecule has 0 atom stereocenters. The largest absolute Gasteiger partial charge is 0.483 e. The second kappa shape index (κ2) is 5.23. The van der Waals surface area contributed by atoms with E-state index in [1.54, 1.807) is 6.07 Å². The maximum absolute atomic E-state index is 13.3. The molecule has 18 heavy (non-hydrogen) atoms. The number of nitriles is 1. The van der Waals surface area contributed by atoms with Crippen LogP contribution < -0.4 is 4.74 Å². The molecular formula is C13H8F2N2O. The van der Waals surface area contributed by atoms with Crippen molar-refractivity contribution in [1.82, 2.24) is 4.98 Å². The maximum atomic E-state index is 13.3. The van der Waals surface area contributed by atoms with Crippen molar-refractivity contribution in [2.45, 2.75) is 6.61 Å². The van der Waals surface area contributed by atoms with Gasteiger partial charge >= 0.3 is 0 Å². The number of hydrogen-bond acceptors (Lipinski definition) is 3. The third-order valence-corrected chi connectivity index (χ3v) is 2.24. The Morgan fingerprint density at radius 3 is 2.61 bits per heavy atom. The van der Waals surface area contributed by atoms with E-state index in [-0.39, 0.29) is 12.3 Å². The van der Waals surface area contributed by atoms with Crippen LogP contribution in [0, 0.1) is 23.0 Å². The number of para-hydroxylation sites is 1. The van der Waals surface area contributed by atoms with Crippen LogP contribution in [0.4, 0.5) is 8.78 Å². The van der Waals surface area contributed by atoms with E-state index in [1.165, 1.54) is 18.3 Å². The molecule has 0 radical (unpaired) electrons. The summed E-state index contributed by atoms with van der Waals surface area (Å²) in [5.74, 6) is -1.94. The summed E-state index contributed by atoms with van der Waals surface area (Å²) in [6, 6.07) is 8.48. The molecule has 1 aromatic carbocycles. The molecule has 5 heteroatoms. The zero-order chi connectivity index (χ0) is 13.0. The minimum Gasteiger partial charge on any atom is -0.483 e. The van der Waals surface area contributed by atoms with Gasteiger partial charge in [-0.2, -0.15) is 5.26 Å². The third kappa shape index (κ3) is 2.61. The molecule has 1 aromatic heterocycles. The SMILES string of the molecule is N#Cc1cc(COc2c(F)cccc2F)ccn1. The molecule has 0 saturated heterocycles. The van der Waals surface area contributed by atoms with Crippen LogP contribution in [0.15, 0.2) is 36.5 Å². The van der Waals surface area contributed by atoms with Gasteiger partial charge in [-0.15, -0.1) is 0 Å². The molecular weight excluding hydrogens is 238 g/mol. The highest BCUT2D eigenvalue weighted by Crippen LogP contribution is 2.21. The number of ether oxygens (including phenoxy) is 1. The second-order valence-electron chi connectivity index (χ2n) is 3.50. The topological polar surface area (TPSA) is 45.9 Å². The van der Waals surface area contributed by atoms with Gasteiger partial charge in [-0.05, 0) is 29.8 Å². The van der Waals surface area contributed by atoms with Crippen molar-refractivity contribution in [3.63, 3.8) is 0 Å². The fourth-order valence-electron chi connectivity index (χ4n) is 1.40. The Balaban J connectivity index is 2.14. The average Bonchev–Trinajstić information content (AvgIpc) is 2.38. The van der Waals surface area contributed by atoms with Crippen LogP contribution in [0.2, 0.25) is 0 Å². The number of aromatic nitrogens is 1. The monoisotopic (exact) mass is 246 g/mol. The number of hydrogen-bond donors (Lipinski definition) is 0. The predicted octanol–water partition coefficient (Wildman–Crippen LogP) is 2.81. The van der Waals surface area contributed by atoms with Gasteiger partial charge in [0.25, 0.3) is 0 Å². The van der Waals surface area contributed by atoms with E-state index in [1.807, 2.05) is 6.07 Å². The number of rotatable bonds is 3. The van der Waals surface area contributed by atoms with Crippen molar-refractivity contribution in [3.8, 4) is 11.8 Å². The molecule has 0 spiro atoms. The van der Waals surface area contributed by atoms with Crippen molar-refractivity contribution in [2.24, 2.45) is 0 Å². The lowest BCUT2D eigenvalue weighted by Crippen LogP contribution is -2.00. The van der Waals surface area contributed by atoms with E-state index in [9.17, 15) is 8.78 Å². The molecule has 0 aliphatic heterocycles. The number of nitrogens with zero attached hydrogens (tertiary/aromatic N) is 2. The zero-order valence-corrected chi connectivity index (χ0v) is 9.23. The summed E-state index contributed by atoms with van der Waals surface area (Å²) in [6.45, 7) is -0.0327. The van der Waals surface area contributed by atoms with Gasteiger partial charge in [0, 0.05) is 6.20 Å². The van der Waals surface area contributed by atoms with Crippen LogP contribution in [0.1, 0.15) is 11.3 Å². The molecule has 90 valence electrons. The summed E-state index contributed by atoms with van der Waals surface area (Å²) in [6.07, 6.45) is 1.44. The minimum absolute atomic E-state index is 0.0327. The Morgan fingerprint density at radius 1 is 1.22 bits per heavy atom. The van der Waals surface area contributed by atoms with Gasteiger partial charge in [0.2, 0.25) is 0 Å². The van der Waals surface area contributed by atoms with Crippen LogP contribution in [-0.2, 0) is 6.61 Å². The lowest BCUT2D eigenvalue weighted by molar-refractivity contribution is 0.274. The Hall–Kier alpha value is -2.48. The molecule has 0 unspecified atom stereocenters. The molecule has 2 rings (SSSR count). The quantitative estimate of drug-likeness (QED) is 0.836. The van der Waals surface area contributed by atoms with Gasteiger partial charge in [0.15, 0.2) is 17.4 Å². The first-order chi connectivity index (χ1) is 8.70. The molecule has 3 nitrogen and oxygen atoms in total. The summed E-state index contributed by atoms with van der Waals surface area (Å²) in [4.78, 5) is 3.78. The Kier molecular flexibility index (Phi) is 3.49. The highest BCUT2D eigenvalue weighted by atomic mass is 19.1. The fraction of sp³-hybridized carbons (Fsp3) is 0.0769. The third-order valence-electron chi connectivity index (χ3n) is 2.24. The summed E-state index contributed by atoms with van der Waals surface area (Å²) < 4.78 is 31.6. The van der Waals surface area contributed by atoms with Gasteiger partial charge in [-0.25, -0.2) is 13.8 Å². The van der Waals surface area contributed by atoms with E-state index in [0.29, 0.717) is 5.56 Å². The Labute approximate surface area is 102 Å². The van der Waals surface area contributed by atoms with E-state index in [2.05, 4.69) is 4.98 Å².